The number of benzene rings is 6. The van der Waals surface area contributed by atoms with Crippen LogP contribution in [0, 0.1) is 0 Å². The molecule has 0 saturated carbocycles. The Morgan fingerprint density at radius 2 is 0.837 bits per heavy atom. The van der Waals surface area contributed by atoms with Gasteiger partial charge in [0.2, 0.25) is 0 Å². The summed E-state index contributed by atoms with van der Waals surface area (Å²) in [5.74, 6) is 0. The summed E-state index contributed by atoms with van der Waals surface area (Å²) in [5, 5.41) is 4.13. The van der Waals surface area contributed by atoms with Crippen LogP contribution in [0.2, 0.25) is 0 Å². The molecule has 7 rings (SSSR count). The van der Waals surface area contributed by atoms with Gasteiger partial charge in [-0.05, 0) is 92.7 Å². The van der Waals surface area contributed by atoms with Gasteiger partial charge in [0.1, 0.15) is 11.2 Å². The van der Waals surface area contributed by atoms with E-state index in [0.717, 1.165) is 67.1 Å². The molecule has 0 atom stereocenters. The Bertz CT molecular complexity index is 2120. The molecule has 0 N–H and O–H groups in total. The normalized spacial score (nSPS) is 12.4. The van der Waals surface area contributed by atoms with Crippen LogP contribution in [0.5, 0.6) is 0 Å². The molecule has 0 fully saturated rings. The number of para-hydroxylation sites is 1. The van der Waals surface area contributed by atoms with E-state index >= 15 is 0 Å². The third kappa shape index (κ3) is 5.01. The predicted octanol–water partition coefficient (Wildman–Crippen LogP) is 11.8. The molecule has 1 heterocycles. The fraction of sp³-hybridized carbons (Fsp3) is 0.0556. The fourth-order valence-corrected chi connectivity index (χ4v) is 5.49. The van der Waals surface area contributed by atoms with Crippen LogP contribution in [-0.4, -0.2) is 0 Å². The Labute approximate surface area is 241 Å². The quantitative estimate of drug-likeness (QED) is 0.189. The lowest BCUT2D eigenvalue weighted by atomic mass is 9.95. The summed E-state index contributed by atoms with van der Waals surface area (Å²) in [7, 11) is 0. The molecule has 0 amide bonds. The highest BCUT2D eigenvalue weighted by Gasteiger charge is 2.37. The summed E-state index contributed by atoms with van der Waals surface area (Å²) in [6.45, 7) is 0. The number of rotatable bonds is 3. The Morgan fingerprint density at radius 1 is 0.372 bits per heavy atom. The van der Waals surface area contributed by atoms with Gasteiger partial charge in [0.25, 0.3) is 0 Å². The van der Waals surface area contributed by atoms with Crippen LogP contribution in [0.4, 0.5) is 26.3 Å². The highest BCUT2D eigenvalue weighted by molar-refractivity contribution is 6.06. The van der Waals surface area contributed by atoms with E-state index in [2.05, 4.69) is 12.1 Å². The fourth-order valence-electron chi connectivity index (χ4n) is 5.49. The molecule has 1 aromatic heterocycles. The topological polar surface area (TPSA) is 13.1 Å². The Balaban J connectivity index is 1.20. The first kappa shape index (κ1) is 26.8. The highest BCUT2D eigenvalue weighted by Crippen LogP contribution is 2.39. The average Bonchev–Trinajstić information content (AvgIpc) is 3.37. The van der Waals surface area contributed by atoms with Gasteiger partial charge in [0.15, 0.2) is 0 Å². The molecular weight excluding hydrogens is 562 g/mol. The first-order valence-corrected chi connectivity index (χ1v) is 13.4. The molecule has 0 aliphatic heterocycles. The second-order valence-corrected chi connectivity index (χ2v) is 10.5. The summed E-state index contributed by atoms with van der Waals surface area (Å²) in [4.78, 5) is 0. The van der Waals surface area contributed by atoms with E-state index in [1.807, 2.05) is 66.7 Å². The van der Waals surface area contributed by atoms with Crippen molar-refractivity contribution in [2.24, 2.45) is 0 Å². The summed E-state index contributed by atoms with van der Waals surface area (Å²) in [6, 6.07) is 34.3. The van der Waals surface area contributed by atoms with Crippen LogP contribution in [0.1, 0.15) is 11.1 Å². The van der Waals surface area contributed by atoms with Crippen molar-refractivity contribution in [3.63, 3.8) is 0 Å². The van der Waals surface area contributed by atoms with Crippen molar-refractivity contribution < 1.29 is 30.8 Å². The van der Waals surface area contributed by atoms with Crippen molar-refractivity contribution in [3.8, 4) is 33.4 Å². The van der Waals surface area contributed by atoms with Crippen molar-refractivity contribution in [1.82, 2.24) is 0 Å². The lowest BCUT2D eigenvalue weighted by Gasteiger charge is -2.14. The third-order valence-corrected chi connectivity index (χ3v) is 7.69. The maximum absolute atomic E-state index is 13.3. The smallest absolute Gasteiger partial charge is 0.416 e. The molecule has 0 spiro atoms. The first-order valence-electron chi connectivity index (χ1n) is 13.4. The molecule has 0 bridgehead atoms. The van der Waals surface area contributed by atoms with Gasteiger partial charge in [-0.1, -0.05) is 72.8 Å². The van der Waals surface area contributed by atoms with Gasteiger partial charge in [0, 0.05) is 10.8 Å². The van der Waals surface area contributed by atoms with Crippen LogP contribution >= 0.6 is 0 Å². The van der Waals surface area contributed by atoms with E-state index in [-0.39, 0.29) is 17.2 Å². The minimum atomic E-state index is -4.90. The van der Waals surface area contributed by atoms with E-state index in [0.29, 0.717) is 0 Å². The summed E-state index contributed by atoms with van der Waals surface area (Å²) in [5.41, 5.74) is 2.87. The Hall–Kier alpha value is -5.04. The molecule has 212 valence electrons. The minimum absolute atomic E-state index is 0.135. The Kier molecular flexibility index (Phi) is 6.09. The van der Waals surface area contributed by atoms with Crippen LogP contribution in [0.15, 0.2) is 126 Å². The lowest BCUT2D eigenvalue weighted by Crippen LogP contribution is -2.11. The minimum Gasteiger partial charge on any atom is -0.456 e. The third-order valence-electron chi connectivity index (χ3n) is 7.69. The van der Waals surface area contributed by atoms with Crippen molar-refractivity contribution in [1.29, 1.82) is 0 Å². The zero-order valence-electron chi connectivity index (χ0n) is 22.2. The zero-order valence-corrected chi connectivity index (χ0v) is 22.2. The van der Waals surface area contributed by atoms with Crippen molar-refractivity contribution in [2.75, 3.05) is 0 Å². The standard InChI is InChI=1S/C36H20F6O/c37-35(38,39)29-17-28(18-30(20-29)36(40,41)42)22-7-5-21(6-8-22)23-9-10-25-16-26(12-11-24(25)15-23)27-13-14-34-32(19-27)31-3-1-2-4-33(31)43-34/h1-20H. The van der Waals surface area contributed by atoms with Crippen LogP contribution in [0.25, 0.3) is 66.1 Å². The highest BCUT2D eigenvalue weighted by atomic mass is 19.4. The van der Waals surface area contributed by atoms with Gasteiger partial charge in [-0.2, -0.15) is 26.3 Å². The van der Waals surface area contributed by atoms with Gasteiger partial charge >= 0.3 is 12.4 Å². The van der Waals surface area contributed by atoms with E-state index < -0.39 is 23.5 Å². The molecule has 6 aromatic carbocycles. The molecule has 0 unspecified atom stereocenters. The van der Waals surface area contributed by atoms with Crippen LogP contribution in [0.3, 0.4) is 0 Å². The largest absolute Gasteiger partial charge is 0.456 e. The van der Waals surface area contributed by atoms with Gasteiger partial charge < -0.3 is 4.42 Å². The predicted molar refractivity (Wildman–Crippen MR) is 158 cm³/mol. The number of halogens is 6. The molecule has 1 nitrogen and oxygen atoms in total. The number of hydrogen-bond donors (Lipinski definition) is 0. The number of furan rings is 1. The SMILES string of the molecule is FC(F)(F)c1cc(-c2ccc(-c3ccc4cc(-c5ccc6oc7ccccc7c6c5)ccc4c3)cc2)cc(C(F)(F)F)c1. The van der Waals surface area contributed by atoms with Crippen LogP contribution in [-0.2, 0) is 12.4 Å². The van der Waals surface area contributed by atoms with Crippen molar-refractivity contribution in [3.05, 3.63) is 132 Å². The number of fused-ring (bicyclic) bond motifs is 4. The van der Waals surface area contributed by atoms with E-state index in [1.54, 1.807) is 12.1 Å². The van der Waals surface area contributed by atoms with E-state index in [4.69, 9.17) is 4.42 Å². The van der Waals surface area contributed by atoms with E-state index in [9.17, 15) is 26.3 Å². The first-order chi connectivity index (χ1) is 20.5. The number of hydrogen-bond acceptors (Lipinski definition) is 1. The molecular formula is C36H20F6O. The maximum Gasteiger partial charge on any atom is 0.416 e. The van der Waals surface area contributed by atoms with Crippen LogP contribution < -0.4 is 0 Å². The van der Waals surface area contributed by atoms with Gasteiger partial charge in [-0.25, -0.2) is 0 Å². The van der Waals surface area contributed by atoms with E-state index in [1.165, 1.54) is 12.1 Å². The Morgan fingerprint density at radius 3 is 1.44 bits per heavy atom. The second kappa shape index (κ2) is 9.76. The molecule has 0 aliphatic rings. The monoisotopic (exact) mass is 582 g/mol. The molecule has 0 aliphatic carbocycles. The molecule has 43 heavy (non-hydrogen) atoms. The summed E-state index contributed by atoms with van der Waals surface area (Å²) < 4.78 is 85.9. The lowest BCUT2D eigenvalue weighted by molar-refractivity contribution is -0.143. The number of alkyl halides is 6. The van der Waals surface area contributed by atoms with Gasteiger partial charge in [-0.3, -0.25) is 0 Å². The average molecular weight is 583 g/mol. The maximum atomic E-state index is 13.3. The second-order valence-electron chi connectivity index (χ2n) is 10.5. The molecule has 7 aromatic rings. The summed E-state index contributed by atoms with van der Waals surface area (Å²) in [6.07, 6.45) is -9.80. The molecule has 0 saturated heterocycles. The molecule has 0 radical (unpaired) electrons. The van der Waals surface area contributed by atoms with Gasteiger partial charge in [0.05, 0.1) is 11.1 Å². The summed E-state index contributed by atoms with van der Waals surface area (Å²) >= 11 is 0. The zero-order chi connectivity index (χ0) is 29.9. The van der Waals surface area contributed by atoms with Crippen molar-refractivity contribution in [2.45, 2.75) is 12.4 Å². The van der Waals surface area contributed by atoms with Gasteiger partial charge in [-0.15, -0.1) is 0 Å². The molecule has 7 heteroatoms. The van der Waals surface area contributed by atoms with Crippen molar-refractivity contribution >= 4 is 32.7 Å².